The fraction of sp³-hybridized carbons (Fsp3) is 0.318. The van der Waals surface area contributed by atoms with E-state index >= 15 is 0 Å². The van der Waals surface area contributed by atoms with Crippen LogP contribution >= 0.6 is 0 Å². The Bertz CT molecular complexity index is 1120. The zero-order valence-corrected chi connectivity index (χ0v) is 16.2. The molecule has 7 nitrogen and oxygen atoms in total. The number of Topliss-reactive ketones (excluding diaryl/α,β-unsaturated/α-hetero) is 1. The van der Waals surface area contributed by atoms with Gasteiger partial charge in [0.25, 0.3) is 0 Å². The summed E-state index contributed by atoms with van der Waals surface area (Å²) in [5.41, 5.74) is 8.50. The third kappa shape index (κ3) is 3.49. The highest BCUT2D eigenvalue weighted by molar-refractivity contribution is 5.95. The first-order valence-electron chi connectivity index (χ1n) is 9.62. The molecular weight excluding hydrogens is 368 g/mol. The van der Waals surface area contributed by atoms with Crippen molar-refractivity contribution < 1.29 is 14.7 Å². The minimum absolute atomic E-state index is 0.0138. The van der Waals surface area contributed by atoms with E-state index in [1.165, 1.54) is 0 Å². The number of aromatic nitrogens is 3. The summed E-state index contributed by atoms with van der Waals surface area (Å²) in [7, 11) is 0. The average Bonchev–Trinajstić information content (AvgIpc) is 3.53. The summed E-state index contributed by atoms with van der Waals surface area (Å²) < 4.78 is 0. The van der Waals surface area contributed by atoms with E-state index in [4.69, 9.17) is 10.8 Å². The van der Waals surface area contributed by atoms with Gasteiger partial charge in [-0.1, -0.05) is 0 Å². The Kier molecular flexibility index (Phi) is 4.84. The summed E-state index contributed by atoms with van der Waals surface area (Å²) in [4.78, 5) is 37.2. The number of fused-ring (bicyclic) bond motifs is 1. The first-order valence-corrected chi connectivity index (χ1v) is 9.62. The maximum Gasteiger partial charge on any atom is 0.229 e. The molecule has 7 heteroatoms. The molecule has 148 valence electrons. The number of ketones is 1. The van der Waals surface area contributed by atoms with Gasteiger partial charge in [-0.3, -0.25) is 24.5 Å². The molecule has 0 unspecified atom stereocenters. The molecule has 0 saturated heterocycles. The summed E-state index contributed by atoms with van der Waals surface area (Å²) in [6.07, 6.45) is 7.34. The second-order valence-electron chi connectivity index (χ2n) is 7.57. The van der Waals surface area contributed by atoms with Crippen LogP contribution in [0.3, 0.4) is 0 Å². The fourth-order valence-electron chi connectivity index (χ4n) is 3.54. The smallest absolute Gasteiger partial charge is 0.229 e. The first-order chi connectivity index (χ1) is 13.9. The predicted octanol–water partition coefficient (Wildman–Crippen LogP) is 2.47. The van der Waals surface area contributed by atoms with Crippen LogP contribution in [-0.2, 0) is 10.2 Å². The molecule has 0 bridgehead atoms. The van der Waals surface area contributed by atoms with Crippen molar-refractivity contribution in [1.29, 1.82) is 0 Å². The topological polar surface area (TPSA) is 119 Å². The number of amides is 1. The molecule has 0 spiro atoms. The summed E-state index contributed by atoms with van der Waals surface area (Å²) in [5, 5.41) is 10.7. The third-order valence-electron chi connectivity index (χ3n) is 5.55. The number of nitrogens with zero attached hydrogens (tertiary/aromatic N) is 3. The van der Waals surface area contributed by atoms with Gasteiger partial charge in [0.1, 0.15) is 5.69 Å². The highest BCUT2D eigenvalue weighted by atomic mass is 16.3. The van der Waals surface area contributed by atoms with E-state index in [9.17, 15) is 9.59 Å². The van der Waals surface area contributed by atoms with Gasteiger partial charge in [0.2, 0.25) is 5.91 Å². The monoisotopic (exact) mass is 390 g/mol. The molecule has 3 aromatic heterocycles. The molecule has 1 fully saturated rings. The number of carbonyl (C=O) groups is 2. The second-order valence-corrected chi connectivity index (χ2v) is 7.57. The van der Waals surface area contributed by atoms with Crippen LogP contribution in [0.4, 0.5) is 0 Å². The van der Waals surface area contributed by atoms with Crippen LogP contribution < -0.4 is 5.73 Å². The van der Waals surface area contributed by atoms with Gasteiger partial charge in [-0.25, -0.2) is 0 Å². The van der Waals surface area contributed by atoms with Crippen LogP contribution in [0, 0.1) is 6.92 Å². The number of nitrogens with two attached hydrogens (primary N) is 1. The molecule has 0 aliphatic heterocycles. The number of pyridine rings is 3. The number of hydrogen-bond donors (Lipinski definition) is 2. The van der Waals surface area contributed by atoms with E-state index in [-0.39, 0.29) is 24.7 Å². The largest absolute Gasteiger partial charge is 0.396 e. The molecule has 4 rings (SSSR count). The van der Waals surface area contributed by atoms with E-state index in [1.54, 1.807) is 24.7 Å². The maximum atomic E-state index is 12.1. The minimum atomic E-state index is -0.619. The van der Waals surface area contributed by atoms with Crippen molar-refractivity contribution in [3.8, 4) is 11.3 Å². The second kappa shape index (κ2) is 7.33. The van der Waals surface area contributed by atoms with Gasteiger partial charge >= 0.3 is 0 Å². The Morgan fingerprint density at radius 1 is 1.07 bits per heavy atom. The summed E-state index contributed by atoms with van der Waals surface area (Å²) in [6, 6.07) is 5.57. The SMILES string of the molecule is Cc1cc(C(=O)CCCO)ncc1-c1cc2cnc(C3(C(N)=O)CC3)cc2cn1. The maximum absolute atomic E-state index is 12.1. The third-order valence-corrected chi connectivity index (χ3v) is 5.55. The van der Waals surface area contributed by atoms with E-state index in [0.29, 0.717) is 17.8 Å². The molecule has 1 aliphatic carbocycles. The van der Waals surface area contributed by atoms with Crippen molar-refractivity contribution in [2.75, 3.05) is 6.61 Å². The van der Waals surface area contributed by atoms with Crippen LogP contribution in [0.2, 0.25) is 0 Å². The highest BCUT2D eigenvalue weighted by Gasteiger charge is 2.51. The van der Waals surface area contributed by atoms with Crippen molar-refractivity contribution in [3.63, 3.8) is 0 Å². The van der Waals surface area contributed by atoms with E-state index in [2.05, 4.69) is 15.0 Å². The standard InChI is InChI=1S/C22H22N4O3/c1-13-7-18(19(28)3-2-6-27)25-12-16(13)17-8-14-11-26-20(9-15(14)10-24-17)22(4-5-22)21(23)29/h7-12,27H,2-6H2,1H3,(H2,23,29). The summed E-state index contributed by atoms with van der Waals surface area (Å²) in [6.45, 7) is 1.90. The molecule has 0 atom stereocenters. The Morgan fingerprint density at radius 2 is 1.79 bits per heavy atom. The summed E-state index contributed by atoms with van der Waals surface area (Å²) >= 11 is 0. The molecule has 1 amide bonds. The highest BCUT2D eigenvalue weighted by Crippen LogP contribution is 2.47. The van der Waals surface area contributed by atoms with Gasteiger partial charge in [0.15, 0.2) is 5.78 Å². The summed E-state index contributed by atoms with van der Waals surface area (Å²) in [5.74, 6) is -0.412. The van der Waals surface area contributed by atoms with Crippen LogP contribution in [0.1, 0.15) is 47.4 Å². The lowest BCUT2D eigenvalue weighted by molar-refractivity contribution is -0.120. The van der Waals surface area contributed by atoms with Crippen molar-refractivity contribution >= 4 is 22.5 Å². The molecule has 3 aromatic rings. The lowest BCUT2D eigenvalue weighted by Gasteiger charge is -2.12. The number of rotatable bonds is 7. The van der Waals surface area contributed by atoms with Crippen molar-refractivity contribution in [1.82, 2.24) is 15.0 Å². The Morgan fingerprint density at radius 3 is 2.45 bits per heavy atom. The van der Waals surface area contributed by atoms with Gasteiger partial charge < -0.3 is 10.8 Å². The molecule has 0 aromatic carbocycles. The number of primary amides is 1. The van der Waals surface area contributed by atoms with E-state index in [0.717, 1.165) is 40.4 Å². The van der Waals surface area contributed by atoms with Gasteiger partial charge in [0.05, 0.1) is 16.8 Å². The number of aliphatic hydroxyl groups excluding tert-OH is 1. The Balaban J connectivity index is 1.64. The van der Waals surface area contributed by atoms with Gasteiger partial charge in [-0.05, 0) is 49.9 Å². The zero-order valence-electron chi connectivity index (χ0n) is 16.2. The quantitative estimate of drug-likeness (QED) is 0.598. The fourth-order valence-corrected chi connectivity index (χ4v) is 3.54. The molecule has 1 aliphatic rings. The van der Waals surface area contributed by atoms with Crippen LogP contribution in [-0.4, -0.2) is 38.4 Å². The van der Waals surface area contributed by atoms with Crippen LogP contribution in [0.5, 0.6) is 0 Å². The van der Waals surface area contributed by atoms with Gasteiger partial charge in [0, 0.05) is 48.0 Å². The Labute approximate surface area is 168 Å². The molecule has 3 heterocycles. The first kappa shape index (κ1) is 19.1. The lowest BCUT2D eigenvalue weighted by Crippen LogP contribution is -2.29. The number of hydrogen-bond acceptors (Lipinski definition) is 6. The van der Waals surface area contributed by atoms with Crippen molar-refractivity contribution in [2.24, 2.45) is 5.73 Å². The number of aryl methyl sites for hydroxylation is 1. The normalized spacial score (nSPS) is 14.7. The van der Waals surface area contributed by atoms with Crippen molar-refractivity contribution in [2.45, 2.75) is 38.0 Å². The van der Waals surface area contributed by atoms with Gasteiger partial charge in [-0.2, -0.15) is 0 Å². The minimum Gasteiger partial charge on any atom is -0.396 e. The number of aliphatic hydroxyl groups is 1. The molecule has 0 radical (unpaired) electrons. The van der Waals surface area contributed by atoms with Crippen molar-refractivity contribution in [3.05, 3.63) is 53.7 Å². The number of carbonyl (C=O) groups excluding carboxylic acids is 2. The molecule has 1 saturated carbocycles. The molecule has 3 N–H and O–H groups in total. The van der Waals surface area contributed by atoms with Crippen LogP contribution in [0.25, 0.3) is 22.0 Å². The van der Waals surface area contributed by atoms with E-state index < -0.39 is 5.41 Å². The van der Waals surface area contributed by atoms with Gasteiger partial charge in [-0.15, -0.1) is 0 Å². The molecule has 29 heavy (non-hydrogen) atoms. The zero-order chi connectivity index (χ0) is 20.6. The molecular formula is C22H22N4O3. The van der Waals surface area contributed by atoms with E-state index in [1.807, 2.05) is 19.1 Å². The van der Waals surface area contributed by atoms with Crippen LogP contribution in [0.15, 0.2) is 36.8 Å². The Hall–Kier alpha value is -3.19. The average molecular weight is 390 g/mol. The lowest BCUT2D eigenvalue weighted by atomic mass is 9.99. The predicted molar refractivity (Wildman–Crippen MR) is 108 cm³/mol.